The maximum absolute atomic E-state index is 13.1. The number of ether oxygens (including phenoxy) is 2. The molecule has 4 heterocycles. The molecule has 0 spiro atoms. The van der Waals surface area contributed by atoms with Crippen LogP contribution in [0.2, 0.25) is 0 Å². The van der Waals surface area contributed by atoms with Gasteiger partial charge in [-0.05, 0) is 32.4 Å². The van der Waals surface area contributed by atoms with E-state index in [-0.39, 0.29) is 17.9 Å². The predicted octanol–water partition coefficient (Wildman–Crippen LogP) is 2.94. The standard InChI is InChI=1S/C21H25N7O3/c1-4-9-30-10-8-27-13-15-11-16(21(31-14(2)3)25-18(15)26-27)20(29)24-17-12-23-28-7-5-6-22-19(17)28/h5-7,11-14H,4,8-10H2,1-3H3,(H,24,29). The Balaban J connectivity index is 1.63. The Hall–Kier alpha value is -3.53. The number of carbonyl (C=O) groups is 1. The number of carbonyl (C=O) groups excluding carboxylic acids is 1. The van der Waals surface area contributed by atoms with Crippen molar-refractivity contribution in [3.8, 4) is 5.88 Å². The molecule has 31 heavy (non-hydrogen) atoms. The van der Waals surface area contributed by atoms with Crippen LogP contribution in [0.4, 0.5) is 5.69 Å². The molecule has 0 unspecified atom stereocenters. The molecule has 4 aromatic rings. The molecule has 10 nitrogen and oxygen atoms in total. The lowest BCUT2D eigenvalue weighted by Gasteiger charge is -2.12. The zero-order valence-electron chi connectivity index (χ0n) is 17.8. The smallest absolute Gasteiger partial charge is 0.261 e. The summed E-state index contributed by atoms with van der Waals surface area (Å²) in [5.41, 5.74) is 1.89. The maximum Gasteiger partial charge on any atom is 0.261 e. The highest BCUT2D eigenvalue weighted by molar-refractivity contribution is 6.08. The van der Waals surface area contributed by atoms with E-state index >= 15 is 0 Å². The van der Waals surface area contributed by atoms with Gasteiger partial charge in [-0.25, -0.2) is 9.50 Å². The van der Waals surface area contributed by atoms with Crippen LogP contribution in [0.15, 0.2) is 36.9 Å². The predicted molar refractivity (Wildman–Crippen MR) is 115 cm³/mol. The zero-order valence-corrected chi connectivity index (χ0v) is 17.8. The summed E-state index contributed by atoms with van der Waals surface area (Å²) in [5, 5.41) is 12.3. The molecule has 1 N–H and O–H groups in total. The fraction of sp³-hybridized carbons (Fsp3) is 0.381. The Bertz CT molecular complexity index is 1200. The summed E-state index contributed by atoms with van der Waals surface area (Å²) in [7, 11) is 0. The number of anilines is 1. The number of nitrogens with one attached hydrogen (secondary N) is 1. The van der Waals surface area contributed by atoms with Crippen LogP contribution in [0, 0.1) is 0 Å². The fourth-order valence-corrected chi connectivity index (χ4v) is 3.09. The van der Waals surface area contributed by atoms with E-state index in [1.54, 1.807) is 39.9 Å². The van der Waals surface area contributed by atoms with Crippen LogP contribution in [0.5, 0.6) is 5.88 Å². The van der Waals surface area contributed by atoms with Gasteiger partial charge < -0.3 is 14.8 Å². The van der Waals surface area contributed by atoms with E-state index in [9.17, 15) is 4.79 Å². The molecule has 162 valence electrons. The van der Waals surface area contributed by atoms with E-state index in [2.05, 4.69) is 32.4 Å². The van der Waals surface area contributed by atoms with E-state index in [1.807, 2.05) is 20.0 Å². The van der Waals surface area contributed by atoms with Crippen molar-refractivity contribution in [3.63, 3.8) is 0 Å². The second-order valence-electron chi connectivity index (χ2n) is 7.33. The van der Waals surface area contributed by atoms with Crippen LogP contribution in [0.3, 0.4) is 0 Å². The molecule has 0 aliphatic heterocycles. The van der Waals surface area contributed by atoms with E-state index in [0.29, 0.717) is 42.3 Å². The van der Waals surface area contributed by atoms with Crippen LogP contribution >= 0.6 is 0 Å². The third-order valence-electron chi connectivity index (χ3n) is 4.44. The molecule has 0 aliphatic rings. The monoisotopic (exact) mass is 423 g/mol. The molecule has 1 amide bonds. The Morgan fingerprint density at radius 1 is 1.29 bits per heavy atom. The number of rotatable bonds is 9. The molecule has 0 radical (unpaired) electrons. The van der Waals surface area contributed by atoms with Crippen molar-refractivity contribution in [1.29, 1.82) is 0 Å². The highest BCUT2D eigenvalue weighted by atomic mass is 16.5. The van der Waals surface area contributed by atoms with Gasteiger partial charge in [0.1, 0.15) is 11.3 Å². The topological polar surface area (TPSA) is 108 Å². The van der Waals surface area contributed by atoms with Crippen LogP contribution < -0.4 is 10.1 Å². The van der Waals surface area contributed by atoms with Gasteiger partial charge in [0.2, 0.25) is 5.88 Å². The summed E-state index contributed by atoms with van der Waals surface area (Å²) in [5.74, 6) is -0.124. The Labute approximate surface area is 179 Å². The molecular weight excluding hydrogens is 398 g/mol. The second-order valence-corrected chi connectivity index (χ2v) is 7.33. The highest BCUT2D eigenvalue weighted by Gasteiger charge is 2.20. The first-order valence-corrected chi connectivity index (χ1v) is 10.3. The summed E-state index contributed by atoms with van der Waals surface area (Å²) in [4.78, 5) is 21.9. The number of hydrogen-bond acceptors (Lipinski definition) is 7. The molecule has 4 rings (SSSR count). The SMILES string of the molecule is CCCOCCn1cc2cc(C(=O)Nc3cnn4cccnc34)c(OC(C)C)nc2n1. The molecule has 0 atom stereocenters. The van der Waals surface area contributed by atoms with Crippen LogP contribution in [-0.2, 0) is 11.3 Å². The van der Waals surface area contributed by atoms with Crippen molar-refractivity contribution in [2.75, 3.05) is 18.5 Å². The van der Waals surface area contributed by atoms with Gasteiger partial charge in [-0.15, -0.1) is 0 Å². The molecule has 0 saturated heterocycles. The van der Waals surface area contributed by atoms with Crippen LogP contribution in [0.25, 0.3) is 16.7 Å². The van der Waals surface area contributed by atoms with Gasteiger partial charge in [-0.2, -0.15) is 15.2 Å². The number of aromatic nitrogens is 6. The summed E-state index contributed by atoms with van der Waals surface area (Å²) < 4.78 is 14.7. The normalized spacial score (nSPS) is 11.5. The number of hydrogen-bond donors (Lipinski definition) is 1. The van der Waals surface area contributed by atoms with Gasteiger partial charge in [0.05, 0.1) is 25.5 Å². The first-order valence-electron chi connectivity index (χ1n) is 10.3. The third-order valence-corrected chi connectivity index (χ3v) is 4.44. The lowest BCUT2D eigenvalue weighted by molar-refractivity contribution is 0.102. The van der Waals surface area contributed by atoms with Crippen molar-refractivity contribution in [3.05, 3.63) is 42.5 Å². The van der Waals surface area contributed by atoms with Gasteiger partial charge in [-0.3, -0.25) is 9.48 Å². The summed E-state index contributed by atoms with van der Waals surface area (Å²) in [6.45, 7) is 7.71. The van der Waals surface area contributed by atoms with E-state index < -0.39 is 0 Å². The number of amides is 1. The van der Waals surface area contributed by atoms with Gasteiger partial charge in [0, 0.05) is 30.6 Å². The van der Waals surface area contributed by atoms with Gasteiger partial charge in [0.25, 0.3) is 5.91 Å². The highest BCUT2D eigenvalue weighted by Crippen LogP contribution is 2.24. The Morgan fingerprint density at radius 2 is 2.16 bits per heavy atom. The maximum atomic E-state index is 13.1. The summed E-state index contributed by atoms with van der Waals surface area (Å²) in [6, 6.07) is 3.51. The number of nitrogens with zero attached hydrogens (tertiary/aromatic N) is 6. The molecule has 0 aliphatic carbocycles. The van der Waals surface area contributed by atoms with Crippen molar-refractivity contribution >= 4 is 28.3 Å². The average molecular weight is 423 g/mol. The van der Waals surface area contributed by atoms with Crippen molar-refractivity contribution < 1.29 is 14.3 Å². The molecule has 10 heteroatoms. The quantitative estimate of drug-likeness (QED) is 0.412. The number of fused-ring (bicyclic) bond motifs is 2. The zero-order chi connectivity index (χ0) is 21.8. The van der Waals surface area contributed by atoms with E-state index in [4.69, 9.17) is 9.47 Å². The van der Waals surface area contributed by atoms with E-state index in [0.717, 1.165) is 11.8 Å². The van der Waals surface area contributed by atoms with Crippen molar-refractivity contribution in [2.45, 2.75) is 39.8 Å². The third kappa shape index (κ3) is 4.64. The minimum atomic E-state index is -0.357. The Morgan fingerprint density at radius 3 is 2.97 bits per heavy atom. The first-order chi connectivity index (χ1) is 15.0. The fourth-order valence-electron chi connectivity index (χ4n) is 3.09. The molecule has 0 saturated carbocycles. The molecule has 0 bridgehead atoms. The largest absolute Gasteiger partial charge is 0.474 e. The Kier molecular flexibility index (Phi) is 6.08. The van der Waals surface area contributed by atoms with E-state index in [1.165, 1.54) is 0 Å². The minimum Gasteiger partial charge on any atom is -0.474 e. The molecule has 0 aromatic carbocycles. The number of pyridine rings is 1. The second kappa shape index (κ2) is 9.09. The lowest BCUT2D eigenvalue weighted by Crippen LogP contribution is -2.17. The summed E-state index contributed by atoms with van der Waals surface area (Å²) >= 11 is 0. The first kappa shape index (κ1) is 20.7. The van der Waals surface area contributed by atoms with Gasteiger partial charge in [0.15, 0.2) is 11.3 Å². The molecular formula is C21H25N7O3. The van der Waals surface area contributed by atoms with Gasteiger partial charge in [-0.1, -0.05) is 6.92 Å². The van der Waals surface area contributed by atoms with Crippen molar-refractivity contribution in [1.82, 2.24) is 29.4 Å². The molecule has 0 fully saturated rings. The summed E-state index contributed by atoms with van der Waals surface area (Å²) in [6.07, 6.45) is 7.64. The van der Waals surface area contributed by atoms with Crippen LogP contribution in [0.1, 0.15) is 37.6 Å². The van der Waals surface area contributed by atoms with Crippen molar-refractivity contribution in [2.24, 2.45) is 0 Å². The minimum absolute atomic E-state index is 0.153. The van der Waals surface area contributed by atoms with Crippen LogP contribution in [-0.4, -0.2) is 54.6 Å². The lowest BCUT2D eigenvalue weighted by atomic mass is 10.2. The molecule has 4 aromatic heterocycles. The van der Waals surface area contributed by atoms with Gasteiger partial charge >= 0.3 is 0 Å². The average Bonchev–Trinajstić information content (AvgIpc) is 3.33.